The molecule has 1 N–H and O–H groups in total. The van der Waals surface area contributed by atoms with Crippen molar-refractivity contribution in [3.63, 3.8) is 0 Å². The first-order valence-corrected chi connectivity index (χ1v) is 6.48. The van der Waals surface area contributed by atoms with Crippen molar-refractivity contribution < 1.29 is 5.11 Å². The molecule has 15 heavy (non-hydrogen) atoms. The third-order valence-corrected chi connectivity index (χ3v) is 4.07. The minimum atomic E-state index is 0.302. The summed E-state index contributed by atoms with van der Waals surface area (Å²) in [5.74, 6) is 0.684. The van der Waals surface area contributed by atoms with E-state index in [2.05, 4.69) is 25.7 Å². The molecule has 1 atom stereocenters. The average molecular weight is 213 g/mol. The molecule has 0 aromatic carbocycles. The van der Waals surface area contributed by atoms with Crippen molar-refractivity contribution in [3.05, 3.63) is 0 Å². The molecule has 90 valence electrons. The first-order chi connectivity index (χ1) is 7.12. The lowest BCUT2D eigenvalue weighted by atomic mass is 9.86. The van der Waals surface area contributed by atoms with E-state index in [1.807, 2.05) is 0 Å². The maximum absolute atomic E-state index is 9.04. The number of hydrogen-bond donors (Lipinski definition) is 1. The first kappa shape index (κ1) is 13.0. The van der Waals surface area contributed by atoms with E-state index in [0.717, 1.165) is 6.42 Å². The van der Waals surface area contributed by atoms with Crippen LogP contribution in [0.25, 0.3) is 0 Å². The van der Waals surface area contributed by atoms with Gasteiger partial charge in [0.05, 0.1) is 0 Å². The third kappa shape index (κ3) is 3.18. The molecule has 0 aromatic rings. The van der Waals surface area contributed by atoms with Crippen LogP contribution in [-0.2, 0) is 0 Å². The maximum Gasteiger partial charge on any atom is 0.0434 e. The lowest BCUT2D eigenvalue weighted by molar-refractivity contribution is 0.119. The third-order valence-electron chi connectivity index (χ3n) is 4.07. The van der Waals surface area contributed by atoms with Crippen LogP contribution < -0.4 is 0 Å². The van der Waals surface area contributed by atoms with Crippen molar-refractivity contribution in [1.82, 2.24) is 4.90 Å². The predicted molar refractivity (Wildman–Crippen MR) is 65.0 cm³/mol. The van der Waals surface area contributed by atoms with Gasteiger partial charge in [0.2, 0.25) is 0 Å². The molecule has 1 heterocycles. The van der Waals surface area contributed by atoms with Gasteiger partial charge in [-0.1, -0.05) is 19.8 Å². The van der Waals surface area contributed by atoms with Gasteiger partial charge in [0.15, 0.2) is 0 Å². The summed E-state index contributed by atoms with van der Waals surface area (Å²) in [6, 6.07) is 0. The molecule has 1 aliphatic rings. The van der Waals surface area contributed by atoms with Gasteiger partial charge in [0, 0.05) is 12.1 Å². The Morgan fingerprint density at radius 2 is 2.07 bits per heavy atom. The topological polar surface area (TPSA) is 23.5 Å². The van der Waals surface area contributed by atoms with Gasteiger partial charge >= 0.3 is 0 Å². The molecule has 1 rings (SSSR count). The highest BCUT2D eigenvalue weighted by Gasteiger charge is 2.39. The van der Waals surface area contributed by atoms with E-state index in [-0.39, 0.29) is 0 Å². The van der Waals surface area contributed by atoms with Crippen LogP contribution in [-0.4, -0.2) is 35.2 Å². The van der Waals surface area contributed by atoms with Gasteiger partial charge in [0.25, 0.3) is 0 Å². The van der Waals surface area contributed by atoms with Gasteiger partial charge in [-0.05, 0) is 52.1 Å². The quantitative estimate of drug-likeness (QED) is 0.686. The highest BCUT2D eigenvalue weighted by molar-refractivity contribution is 4.94. The van der Waals surface area contributed by atoms with Gasteiger partial charge in [-0.15, -0.1) is 0 Å². The summed E-state index contributed by atoms with van der Waals surface area (Å²) in [7, 11) is 0. The molecular weight excluding hydrogens is 186 g/mol. The van der Waals surface area contributed by atoms with Crippen LogP contribution in [0.5, 0.6) is 0 Å². The van der Waals surface area contributed by atoms with E-state index in [9.17, 15) is 0 Å². The van der Waals surface area contributed by atoms with Crippen molar-refractivity contribution in [2.75, 3.05) is 19.7 Å². The Labute approximate surface area is 94.7 Å². The molecule has 0 bridgehead atoms. The Morgan fingerprint density at radius 1 is 1.33 bits per heavy atom. The summed E-state index contributed by atoms with van der Waals surface area (Å²) in [6.07, 6.45) is 6.20. The molecule has 1 unspecified atom stereocenters. The van der Waals surface area contributed by atoms with Gasteiger partial charge < -0.3 is 5.11 Å². The second-order valence-electron chi connectivity index (χ2n) is 5.35. The minimum Gasteiger partial charge on any atom is -0.396 e. The summed E-state index contributed by atoms with van der Waals surface area (Å²) in [4.78, 5) is 2.61. The lowest BCUT2D eigenvalue weighted by Gasteiger charge is -2.36. The lowest BCUT2D eigenvalue weighted by Crippen LogP contribution is -2.43. The molecule has 2 nitrogen and oxygen atoms in total. The Morgan fingerprint density at radius 3 is 2.67 bits per heavy atom. The Kier molecular flexibility index (Phi) is 5.07. The highest BCUT2D eigenvalue weighted by atomic mass is 16.3. The minimum absolute atomic E-state index is 0.302. The smallest absolute Gasteiger partial charge is 0.0434 e. The number of rotatable bonds is 6. The van der Waals surface area contributed by atoms with E-state index in [1.165, 1.54) is 38.8 Å². The number of likely N-dealkylation sites (tertiary alicyclic amines) is 1. The molecule has 0 saturated carbocycles. The zero-order chi connectivity index (χ0) is 11.3. The number of hydrogen-bond acceptors (Lipinski definition) is 2. The van der Waals surface area contributed by atoms with E-state index in [0.29, 0.717) is 18.1 Å². The van der Waals surface area contributed by atoms with Crippen molar-refractivity contribution >= 4 is 0 Å². The fraction of sp³-hybridized carbons (Fsp3) is 1.00. The SMILES string of the molecule is CCCCCN1CCC(CCO)C1(C)C. The van der Waals surface area contributed by atoms with Crippen LogP contribution in [0.15, 0.2) is 0 Å². The normalized spacial score (nSPS) is 26.0. The number of unbranched alkanes of at least 4 members (excludes halogenated alkanes) is 2. The number of nitrogens with zero attached hydrogens (tertiary/aromatic N) is 1. The summed E-state index contributed by atoms with van der Waals surface area (Å²) >= 11 is 0. The zero-order valence-electron chi connectivity index (χ0n) is 10.6. The zero-order valence-corrected chi connectivity index (χ0v) is 10.6. The van der Waals surface area contributed by atoms with Crippen LogP contribution >= 0.6 is 0 Å². The van der Waals surface area contributed by atoms with Crippen LogP contribution in [0.1, 0.15) is 52.9 Å². The van der Waals surface area contributed by atoms with Crippen molar-refractivity contribution in [2.24, 2.45) is 5.92 Å². The molecular formula is C13H27NO. The Balaban J connectivity index is 2.40. The standard InChI is InChI=1S/C13H27NO/c1-4-5-6-9-14-10-7-12(8-11-15)13(14,2)3/h12,15H,4-11H2,1-3H3. The van der Waals surface area contributed by atoms with Crippen molar-refractivity contribution in [3.8, 4) is 0 Å². The van der Waals surface area contributed by atoms with Gasteiger partial charge in [0.1, 0.15) is 0 Å². The molecule has 0 spiro atoms. The molecule has 0 aliphatic carbocycles. The van der Waals surface area contributed by atoms with Crippen LogP contribution in [0.4, 0.5) is 0 Å². The van der Waals surface area contributed by atoms with Gasteiger partial charge in [-0.2, -0.15) is 0 Å². The van der Waals surface area contributed by atoms with E-state index in [4.69, 9.17) is 5.11 Å². The average Bonchev–Trinajstić information content (AvgIpc) is 2.46. The second kappa shape index (κ2) is 5.86. The molecule has 1 fully saturated rings. The molecule has 2 heteroatoms. The predicted octanol–water partition coefficient (Wildman–Crippen LogP) is 2.66. The fourth-order valence-electron chi connectivity index (χ4n) is 2.82. The van der Waals surface area contributed by atoms with Gasteiger partial charge in [-0.25, -0.2) is 0 Å². The summed E-state index contributed by atoms with van der Waals surface area (Å²) in [5, 5.41) is 9.04. The molecule has 0 aromatic heterocycles. The Hall–Kier alpha value is -0.0800. The Bertz CT molecular complexity index is 179. The van der Waals surface area contributed by atoms with E-state index >= 15 is 0 Å². The summed E-state index contributed by atoms with van der Waals surface area (Å²) in [6.45, 7) is 9.74. The van der Waals surface area contributed by atoms with Crippen LogP contribution in [0.3, 0.4) is 0 Å². The first-order valence-electron chi connectivity index (χ1n) is 6.48. The number of aliphatic hydroxyl groups excluding tert-OH is 1. The maximum atomic E-state index is 9.04. The van der Waals surface area contributed by atoms with Crippen molar-refractivity contribution in [2.45, 2.75) is 58.4 Å². The van der Waals surface area contributed by atoms with Crippen LogP contribution in [0, 0.1) is 5.92 Å². The molecule has 1 aliphatic heterocycles. The fourth-order valence-corrected chi connectivity index (χ4v) is 2.82. The summed E-state index contributed by atoms with van der Waals surface area (Å²) in [5.41, 5.74) is 0.302. The summed E-state index contributed by atoms with van der Waals surface area (Å²) < 4.78 is 0. The molecule has 0 amide bonds. The van der Waals surface area contributed by atoms with Crippen molar-refractivity contribution in [1.29, 1.82) is 0 Å². The number of aliphatic hydroxyl groups is 1. The molecule has 1 saturated heterocycles. The van der Waals surface area contributed by atoms with E-state index < -0.39 is 0 Å². The monoisotopic (exact) mass is 213 g/mol. The molecule has 0 radical (unpaired) electrons. The second-order valence-corrected chi connectivity index (χ2v) is 5.35. The largest absolute Gasteiger partial charge is 0.396 e. The van der Waals surface area contributed by atoms with Gasteiger partial charge in [-0.3, -0.25) is 4.90 Å². The highest BCUT2D eigenvalue weighted by Crippen LogP contribution is 2.36. The van der Waals surface area contributed by atoms with E-state index in [1.54, 1.807) is 0 Å². The van der Waals surface area contributed by atoms with Crippen LogP contribution in [0.2, 0.25) is 0 Å².